The van der Waals surface area contributed by atoms with Crippen molar-refractivity contribution in [3.05, 3.63) is 88.3 Å². The minimum atomic E-state index is 0.0535. The molecule has 0 spiro atoms. The summed E-state index contributed by atoms with van der Waals surface area (Å²) in [5.41, 5.74) is 2.72. The summed E-state index contributed by atoms with van der Waals surface area (Å²) in [6.45, 7) is 2.52. The molecule has 2 aromatic heterocycles. The van der Waals surface area contributed by atoms with E-state index in [-0.39, 0.29) is 5.78 Å². The summed E-state index contributed by atoms with van der Waals surface area (Å²) in [6, 6.07) is 19.4. The molecule has 29 heavy (non-hydrogen) atoms. The lowest BCUT2D eigenvalue weighted by Crippen LogP contribution is -2.07. The van der Waals surface area contributed by atoms with Gasteiger partial charge in [-0.1, -0.05) is 70.2 Å². The lowest BCUT2D eigenvalue weighted by molar-refractivity contribution is 0.102. The van der Waals surface area contributed by atoms with Crippen LogP contribution in [0.15, 0.2) is 81.0 Å². The topological polar surface area (TPSA) is 60.9 Å². The molecule has 0 aliphatic heterocycles. The molecule has 146 valence electrons. The van der Waals surface area contributed by atoms with E-state index in [0.717, 1.165) is 27.2 Å². The molecule has 0 fully saturated rings. The van der Waals surface area contributed by atoms with Gasteiger partial charge in [0.1, 0.15) is 5.76 Å². The molecule has 0 radical (unpaired) electrons. The number of halogens is 1. The Labute approximate surface area is 181 Å². The first-order chi connectivity index (χ1) is 14.1. The first-order valence-corrected chi connectivity index (χ1v) is 10.8. The zero-order valence-corrected chi connectivity index (χ0v) is 18.1. The van der Waals surface area contributed by atoms with Crippen molar-refractivity contribution < 1.29 is 9.21 Å². The first kappa shape index (κ1) is 19.7. The standard InChI is InChI=1S/C22H18BrN3O2S/c1-15-19(11-12-28-15)21-24-25-22(26(21)13-16-5-3-2-4-6-16)29-14-20(27)17-7-9-18(23)10-8-17/h2-12H,13-14H2,1H3. The van der Waals surface area contributed by atoms with E-state index in [0.29, 0.717) is 23.0 Å². The van der Waals surface area contributed by atoms with Gasteiger partial charge in [0.15, 0.2) is 16.8 Å². The Morgan fingerprint density at radius 1 is 1.07 bits per heavy atom. The lowest BCUT2D eigenvalue weighted by Gasteiger charge is -2.10. The molecule has 4 rings (SSSR count). The first-order valence-electron chi connectivity index (χ1n) is 9.05. The van der Waals surface area contributed by atoms with Gasteiger partial charge in [-0.2, -0.15) is 0 Å². The van der Waals surface area contributed by atoms with Crippen molar-refractivity contribution in [3.8, 4) is 11.4 Å². The average molecular weight is 468 g/mol. The Balaban J connectivity index is 1.60. The van der Waals surface area contributed by atoms with Crippen molar-refractivity contribution in [2.24, 2.45) is 0 Å². The molecule has 0 aliphatic carbocycles. The third-order valence-corrected chi connectivity index (χ3v) is 5.99. The highest BCUT2D eigenvalue weighted by molar-refractivity contribution is 9.10. The maximum Gasteiger partial charge on any atom is 0.192 e. The van der Waals surface area contributed by atoms with Crippen molar-refractivity contribution in [1.82, 2.24) is 14.8 Å². The van der Waals surface area contributed by atoms with Crippen molar-refractivity contribution in [3.63, 3.8) is 0 Å². The molecule has 0 atom stereocenters. The highest BCUT2D eigenvalue weighted by atomic mass is 79.9. The highest BCUT2D eigenvalue weighted by Crippen LogP contribution is 2.28. The summed E-state index contributed by atoms with van der Waals surface area (Å²) in [5.74, 6) is 1.87. The van der Waals surface area contributed by atoms with Gasteiger partial charge in [-0.25, -0.2) is 0 Å². The Morgan fingerprint density at radius 3 is 2.52 bits per heavy atom. The van der Waals surface area contributed by atoms with Crippen LogP contribution in [-0.4, -0.2) is 26.3 Å². The number of rotatable bonds is 7. The molecule has 0 N–H and O–H groups in total. The molecule has 0 amide bonds. The van der Waals surface area contributed by atoms with Gasteiger partial charge in [0.2, 0.25) is 0 Å². The summed E-state index contributed by atoms with van der Waals surface area (Å²) < 4.78 is 8.44. The van der Waals surface area contributed by atoms with Crippen LogP contribution in [0.25, 0.3) is 11.4 Å². The number of aromatic nitrogens is 3. The fourth-order valence-corrected chi connectivity index (χ4v) is 4.07. The fraction of sp³-hybridized carbons (Fsp3) is 0.136. The monoisotopic (exact) mass is 467 g/mol. The number of carbonyl (C=O) groups is 1. The van der Waals surface area contributed by atoms with Gasteiger partial charge < -0.3 is 4.42 Å². The number of Topliss-reactive ketones (excluding diaryl/α,β-unsaturated/α-hetero) is 1. The maximum absolute atomic E-state index is 12.6. The quantitative estimate of drug-likeness (QED) is 0.260. The second kappa shape index (κ2) is 8.80. The van der Waals surface area contributed by atoms with Crippen LogP contribution in [0.1, 0.15) is 21.7 Å². The normalized spacial score (nSPS) is 11.0. The van der Waals surface area contributed by atoms with E-state index in [1.54, 1.807) is 6.26 Å². The van der Waals surface area contributed by atoms with E-state index < -0.39 is 0 Å². The number of aryl methyl sites for hydroxylation is 1. The van der Waals surface area contributed by atoms with E-state index in [1.807, 2.05) is 60.0 Å². The van der Waals surface area contributed by atoms with E-state index in [2.05, 4.69) is 38.3 Å². The second-order valence-electron chi connectivity index (χ2n) is 6.49. The number of nitrogens with zero attached hydrogens (tertiary/aromatic N) is 3. The zero-order chi connectivity index (χ0) is 20.2. The third-order valence-electron chi connectivity index (χ3n) is 4.50. The number of ketones is 1. The molecule has 0 bridgehead atoms. The molecular weight excluding hydrogens is 450 g/mol. The predicted molar refractivity (Wildman–Crippen MR) is 117 cm³/mol. The van der Waals surface area contributed by atoms with Crippen molar-refractivity contribution in [1.29, 1.82) is 0 Å². The fourth-order valence-electron chi connectivity index (χ4n) is 2.97. The molecule has 4 aromatic rings. The van der Waals surface area contributed by atoms with E-state index >= 15 is 0 Å². The van der Waals surface area contributed by atoms with Crippen molar-refractivity contribution >= 4 is 33.5 Å². The Bertz CT molecular complexity index is 1120. The molecule has 0 aliphatic rings. The zero-order valence-electron chi connectivity index (χ0n) is 15.7. The van der Waals surface area contributed by atoms with E-state index in [9.17, 15) is 4.79 Å². The number of furan rings is 1. The Morgan fingerprint density at radius 2 is 1.83 bits per heavy atom. The molecule has 5 nitrogen and oxygen atoms in total. The minimum absolute atomic E-state index is 0.0535. The summed E-state index contributed by atoms with van der Waals surface area (Å²) >= 11 is 4.79. The van der Waals surface area contributed by atoms with Gasteiger partial charge in [0.05, 0.1) is 24.1 Å². The average Bonchev–Trinajstić information content (AvgIpc) is 3.33. The van der Waals surface area contributed by atoms with E-state index in [1.165, 1.54) is 11.8 Å². The number of thioether (sulfide) groups is 1. The van der Waals surface area contributed by atoms with Crippen molar-refractivity contribution in [2.75, 3.05) is 5.75 Å². The summed E-state index contributed by atoms with van der Waals surface area (Å²) in [7, 11) is 0. The molecule has 0 saturated heterocycles. The van der Waals surface area contributed by atoms with Crippen LogP contribution >= 0.6 is 27.7 Å². The van der Waals surface area contributed by atoms with Crippen molar-refractivity contribution in [2.45, 2.75) is 18.6 Å². The molecular formula is C22H18BrN3O2S. The highest BCUT2D eigenvalue weighted by Gasteiger charge is 2.19. The van der Waals surface area contributed by atoms with Gasteiger partial charge in [-0.05, 0) is 30.7 Å². The third kappa shape index (κ3) is 4.52. The van der Waals surface area contributed by atoms with E-state index in [4.69, 9.17) is 4.42 Å². The molecule has 7 heteroatoms. The number of hydrogen-bond donors (Lipinski definition) is 0. The van der Waals surface area contributed by atoms with Crippen LogP contribution < -0.4 is 0 Å². The van der Waals surface area contributed by atoms with Crippen LogP contribution in [0.4, 0.5) is 0 Å². The molecule has 2 heterocycles. The molecule has 0 unspecified atom stereocenters. The summed E-state index contributed by atoms with van der Waals surface area (Å²) in [5, 5.41) is 9.46. The SMILES string of the molecule is Cc1occc1-c1nnc(SCC(=O)c2ccc(Br)cc2)n1Cc1ccccc1. The van der Waals surface area contributed by atoms with Gasteiger partial charge in [-0.15, -0.1) is 10.2 Å². The number of hydrogen-bond acceptors (Lipinski definition) is 5. The van der Waals surface area contributed by atoms with Crippen LogP contribution in [0, 0.1) is 6.92 Å². The maximum atomic E-state index is 12.6. The van der Waals surface area contributed by atoms with Crippen LogP contribution in [-0.2, 0) is 6.54 Å². The summed E-state index contributed by atoms with van der Waals surface area (Å²) in [6.07, 6.45) is 1.65. The number of carbonyl (C=O) groups excluding carboxylic acids is 1. The van der Waals surface area contributed by atoms with Gasteiger partial charge >= 0.3 is 0 Å². The number of benzene rings is 2. The van der Waals surface area contributed by atoms with Gasteiger partial charge in [0.25, 0.3) is 0 Å². The predicted octanol–water partition coefficient (Wildman–Crippen LogP) is 5.63. The smallest absolute Gasteiger partial charge is 0.192 e. The summed E-state index contributed by atoms with van der Waals surface area (Å²) in [4.78, 5) is 12.6. The van der Waals surface area contributed by atoms with Crippen LogP contribution in [0.2, 0.25) is 0 Å². The Hall–Kier alpha value is -2.64. The van der Waals surface area contributed by atoms with Gasteiger partial charge in [0, 0.05) is 10.0 Å². The lowest BCUT2D eigenvalue weighted by atomic mass is 10.2. The van der Waals surface area contributed by atoms with Gasteiger partial charge in [-0.3, -0.25) is 9.36 Å². The molecule has 2 aromatic carbocycles. The second-order valence-corrected chi connectivity index (χ2v) is 8.35. The Kier molecular flexibility index (Phi) is 5.97. The van der Waals surface area contributed by atoms with Crippen LogP contribution in [0.5, 0.6) is 0 Å². The largest absolute Gasteiger partial charge is 0.469 e. The van der Waals surface area contributed by atoms with Crippen LogP contribution in [0.3, 0.4) is 0 Å². The molecule has 0 saturated carbocycles. The minimum Gasteiger partial charge on any atom is -0.469 e.